The number of carbonyl (C=O) groups is 1. The fourth-order valence-electron chi connectivity index (χ4n) is 2.23. The highest BCUT2D eigenvalue weighted by atomic mass is 79.9. The van der Waals surface area contributed by atoms with Crippen molar-refractivity contribution in [2.24, 2.45) is 0 Å². The summed E-state index contributed by atoms with van der Waals surface area (Å²) in [6.45, 7) is 0.556. The molecule has 1 aromatic heterocycles. The van der Waals surface area contributed by atoms with E-state index in [1.165, 1.54) is 12.1 Å². The second kappa shape index (κ2) is 4.74. The van der Waals surface area contributed by atoms with Gasteiger partial charge in [-0.1, -0.05) is 6.07 Å². The van der Waals surface area contributed by atoms with Crippen molar-refractivity contribution in [3.05, 3.63) is 58.1 Å². The first-order valence-electron chi connectivity index (χ1n) is 5.87. The van der Waals surface area contributed by atoms with E-state index in [-0.39, 0.29) is 11.7 Å². The number of amides is 1. The van der Waals surface area contributed by atoms with Crippen LogP contribution in [0.4, 0.5) is 10.1 Å². The molecule has 0 aliphatic carbocycles. The Morgan fingerprint density at radius 1 is 1.37 bits per heavy atom. The lowest BCUT2D eigenvalue weighted by Gasteiger charge is -2.17. The van der Waals surface area contributed by atoms with E-state index in [0.717, 1.165) is 12.0 Å². The molecule has 1 aromatic carbocycles. The molecule has 96 valence electrons. The van der Waals surface area contributed by atoms with Crippen molar-refractivity contribution in [2.45, 2.75) is 6.42 Å². The molecule has 0 N–H and O–H groups in total. The Bertz CT molecular complexity index is 660. The zero-order chi connectivity index (χ0) is 13.4. The van der Waals surface area contributed by atoms with Crippen molar-refractivity contribution in [2.75, 3.05) is 11.4 Å². The first kappa shape index (κ1) is 12.3. The normalized spacial score (nSPS) is 13.5. The topological polar surface area (TPSA) is 33.2 Å². The average molecular weight is 321 g/mol. The molecule has 1 amide bonds. The highest BCUT2D eigenvalue weighted by Gasteiger charge is 2.27. The van der Waals surface area contributed by atoms with Gasteiger partial charge >= 0.3 is 0 Å². The van der Waals surface area contributed by atoms with E-state index in [1.54, 1.807) is 29.3 Å². The number of benzene rings is 1. The van der Waals surface area contributed by atoms with E-state index in [4.69, 9.17) is 0 Å². The largest absolute Gasteiger partial charge is 0.306 e. The van der Waals surface area contributed by atoms with Crippen molar-refractivity contribution < 1.29 is 9.18 Å². The lowest BCUT2D eigenvalue weighted by atomic mass is 10.1. The van der Waals surface area contributed by atoms with Crippen LogP contribution in [0.1, 0.15) is 16.1 Å². The summed E-state index contributed by atoms with van der Waals surface area (Å²) in [6, 6.07) is 8.06. The zero-order valence-corrected chi connectivity index (χ0v) is 11.5. The number of carbonyl (C=O) groups excluding carboxylic acids is 1. The quantitative estimate of drug-likeness (QED) is 0.808. The highest BCUT2D eigenvalue weighted by Crippen LogP contribution is 2.30. The van der Waals surface area contributed by atoms with Gasteiger partial charge in [0.05, 0.1) is 5.69 Å². The average Bonchev–Trinajstić information content (AvgIpc) is 2.81. The highest BCUT2D eigenvalue weighted by molar-refractivity contribution is 9.10. The molecule has 1 aliphatic heterocycles. The fourth-order valence-corrected chi connectivity index (χ4v) is 2.66. The Balaban J connectivity index is 2.00. The van der Waals surface area contributed by atoms with Crippen LogP contribution in [0.5, 0.6) is 0 Å². The number of hydrogen-bond acceptors (Lipinski definition) is 2. The maximum Gasteiger partial charge on any atom is 0.278 e. The second-order valence-corrected chi connectivity index (χ2v) is 5.17. The maximum atomic E-state index is 13.3. The van der Waals surface area contributed by atoms with E-state index in [9.17, 15) is 9.18 Å². The third kappa shape index (κ3) is 2.14. The van der Waals surface area contributed by atoms with Crippen LogP contribution < -0.4 is 4.90 Å². The molecule has 2 aromatic rings. The van der Waals surface area contributed by atoms with Crippen LogP contribution in [0, 0.1) is 5.82 Å². The number of aromatic nitrogens is 1. The smallest absolute Gasteiger partial charge is 0.278 e. The summed E-state index contributed by atoms with van der Waals surface area (Å²) >= 11 is 3.31. The van der Waals surface area contributed by atoms with Gasteiger partial charge in [0, 0.05) is 17.2 Å². The van der Waals surface area contributed by atoms with Crippen molar-refractivity contribution in [3.63, 3.8) is 0 Å². The minimum atomic E-state index is -0.335. The predicted molar refractivity (Wildman–Crippen MR) is 73.7 cm³/mol. The Kier molecular flexibility index (Phi) is 3.06. The van der Waals surface area contributed by atoms with Crippen molar-refractivity contribution in [1.29, 1.82) is 0 Å². The van der Waals surface area contributed by atoms with Gasteiger partial charge in [-0.2, -0.15) is 0 Å². The van der Waals surface area contributed by atoms with E-state index >= 15 is 0 Å². The molecule has 0 fully saturated rings. The van der Waals surface area contributed by atoms with Gasteiger partial charge in [0.1, 0.15) is 11.5 Å². The molecule has 0 atom stereocenters. The summed E-state index contributed by atoms with van der Waals surface area (Å²) < 4.78 is 14.0. The fraction of sp³-hybridized carbons (Fsp3) is 0.143. The number of rotatable bonds is 1. The van der Waals surface area contributed by atoms with E-state index in [2.05, 4.69) is 20.9 Å². The van der Waals surface area contributed by atoms with Crippen LogP contribution >= 0.6 is 15.9 Å². The number of pyridine rings is 1. The summed E-state index contributed by atoms with van der Waals surface area (Å²) in [5.41, 5.74) is 1.98. The van der Waals surface area contributed by atoms with Gasteiger partial charge in [-0.25, -0.2) is 9.37 Å². The van der Waals surface area contributed by atoms with Crippen LogP contribution in [-0.4, -0.2) is 17.4 Å². The first-order valence-corrected chi connectivity index (χ1v) is 6.67. The molecule has 0 saturated carbocycles. The lowest BCUT2D eigenvalue weighted by molar-refractivity contribution is 0.0984. The molecule has 0 bridgehead atoms. The summed E-state index contributed by atoms with van der Waals surface area (Å²) in [5.74, 6) is -0.546. The van der Waals surface area contributed by atoms with Gasteiger partial charge in [-0.05, 0) is 52.2 Å². The molecule has 0 radical (unpaired) electrons. The molecule has 3 nitrogen and oxygen atoms in total. The Hall–Kier alpha value is -1.75. The molecule has 0 unspecified atom stereocenters. The zero-order valence-electron chi connectivity index (χ0n) is 9.94. The van der Waals surface area contributed by atoms with Crippen LogP contribution in [-0.2, 0) is 6.42 Å². The molecule has 19 heavy (non-hydrogen) atoms. The molecule has 3 rings (SSSR count). The summed E-state index contributed by atoms with van der Waals surface area (Å²) in [7, 11) is 0. The molecule has 1 aliphatic rings. The van der Waals surface area contributed by atoms with Gasteiger partial charge in [-0.15, -0.1) is 0 Å². The number of anilines is 1. The number of nitrogens with zero attached hydrogens (tertiary/aromatic N) is 2. The van der Waals surface area contributed by atoms with Gasteiger partial charge < -0.3 is 4.90 Å². The van der Waals surface area contributed by atoms with Gasteiger partial charge in [0.15, 0.2) is 0 Å². The molecular formula is C14H10BrFN2O. The third-order valence-corrected chi connectivity index (χ3v) is 3.79. The Labute approximate surface area is 118 Å². The number of fused-ring (bicyclic) bond motifs is 1. The van der Waals surface area contributed by atoms with Crippen LogP contribution in [0.25, 0.3) is 0 Å². The van der Waals surface area contributed by atoms with Gasteiger partial charge in [0.2, 0.25) is 0 Å². The van der Waals surface area contributed by atoms with Gasteiger partial charge in [0.25, 0.3) is 5.91 Å². The van der Waals surface area contributed by atoms with Gasteiger partial charge in [-0.3, -0.25) is 4.79 Å². The molecule has 0 spiro atoms. The van der Waals surface area contributed by atoms with Crippen molar-refractivity contribution >= 4 is 27.5 Å². The number of hydrogen-bond donors (Lipinski definition) is 0. The van der Waals surface area contributed by atoms with Crippen LogP contribution in [0.2, 0.25) is 0 Å². The monoisotopic (exact) mass is 320 g/mol. The SMILES string of the molecule is O=C(c1ncccc1Br)N1CCc2ccc(F)cc21. The Morgan fingerprint density at radius 2 is 2.21 bits per heavy atom. The molecular weight excluding hydrogens is 311 g/mol. The minimum absolute atomic E-state index is 0.211. The van der Waals surface area contributed by atoms with Crippen molar-refractivity contribution in [3.8, 4) is 0 Å². The second-order valence-electron chi connectivity index (χ2n) is 4.31. The van der Waals surface area contributed by atoms with E-state index < -0.39 is 0 Å². The predicted octanol–water partition coefficient (Wildman–Crippen LogP) is 3.19. The third-order valence-electron chi connectivity index (χ3n) is 3.15. The van der Waals surface area contributed by atoms with E-state index in [1.807, 2.05) is 0 Å². The van der Waals surface area contributed by atoms with Crippen LogP contribution in [0.15, 0.2) is 41.0 Å². The minimum Gasteiger partial charge on any atom is -0.306 e. The molecule has 2 heterocycles. The molecule has 5 heteroatoms. The lowest BCUT2D eigenvalue weighted by Crippen LogP contribution is -2.30. The Morgan fingerprint density at radius 3 is 3.00 bits per heavy atom. The van der Waals surface area contributed by atoms with Crippen molar-refractivity contribution in [1.82, 2.24) is 4.98 Å². The maximum absolute atomic E-state index is 13.3. The molecule has 0 saturated heterocycles. The summed E-state index contributed by atoms with van der Waals surface area (Å²) in [6.07, 6.45) is 2.31. The standard InChI is InChI=1S/C14H10BrFN2O/c15-11-2-1-6-17-13(11)14(19)18-7-5-9-3-4-10(16)8-12(9)18/h1-4,6,8H,5,7H2. The summed E-state index contributed by atoms with van der Waals surface area (Å²) in [5, 5.41) is 0. The summed E-state index contributed by atoms with van der Waals surface area (Å²) in [4.78, 5) is 18.1. The van der Waals surface area contributed by atoms with Crippen LogP contribution in [0.3, 0.4) is 0 Å². The number of halogens is 2. The first-order chi connectivity index (χ1) is 9.16. The van der Waals surface area contributed by atoms with E-state index in [0.29, 0.717) is 22.4 Å².